The van der Waals surface area contributed by atoms with E-state index in [0.717, 1.165) is 40.7 Å². The number of amides is 2. The molecule has 270 valence electrons. The molecule has 0 fully saturated rings. The van der Waals surface area contributed by atoms with Crippen molar-refractivity contribution >= 4 is 32.6 Å². The number of hydrogen-bond acceptors (Lipinski definition) is 7. The molecule has 0 bridgehead atoms. The van der Waals surface area contributed by atoms with Crippen LogP contribution in [-0.4, -0.2) is 57.8 Å². The molecule has 3 N–H and O–H groups in total. The van der Waals surface area contributed by atoms with Crippen LogP contribution in [0.15, 0.2) is 120 Å². The zero-order valence-electron chi connectivity index (χ0n) is 29.3. The third-order valence-electron chi connectivity index (χ3n) is 9.84. The topological polar surface area (TPSA) is 142 Å². The van der Waals surface area contributed by atoms with Crippen LogP contribution in [-0.2, 0) is 36.0 Å². The van der Waals surface area contributed by atoms with Gasteiger partial charge in [-0.1, -0.05) is 92.2 Å². The molecule has 2 amide bonds. The Balaban J connectivity index is 1.35. The Morgan fingerprint density at radius 1 is 0.849 bits per heavy atom. The number of unbranched alkanes of at least 4 members (excludes halogenated alkanes) is 1. The van der Waals surface area contributed by atoms with Crippen molar-refractivity contribution in [2.24, 2.45) is 0 Å². The number of hydrogen-bond donors (Lipinski definition) is 3. The minimum Gasteiger partial charge on any atom is -0.394 e. The molecule has 1 atom stereocenters. The minimum absolute atomic E-state index is 0.0458. The average Bonchev–Trinajstić information content (AvgIpc) is 3.57. The van der Waals surface area contributed by atoms with Crippen LogP contribution in [0.25, 0.3) is 27.6 Å². The van der Waals surface area contributed by atoms with Crippen molar-refractivity contribution in [2.45, 2.75) is 56.7 Å². The minimum atomic E-state index is -4.29. The fourth-order valence-corrected chi connectivity index (χ4v) is 8.09. The summed E-state index contributed by atoms with van der Waals surface area (Å²) in [7, 11) is -4.29. The van der Waals surface area contributed by atoms with E-state index in [1.165, 1.54) is 24.3 Å². The van der Waals surface area contributed by atoms with E-state index in [0.29, 0.717) is 35.0 Å². The summed E-state index contributed by atoms with van der Waals surface area (Å²) < 4.78 is 31.0. The molecule has 1 aliphatic rings. The first-order valence-electron chi connectivity index (χ1n) is 17.7. The first-order chi connectivity index (χ1) is 25.7. The van der Waals surface area contributed by atoms with E-state index in [-0.39, 0.29) is 29.2 Å². The summed E-state index contributed by atoms with van der Waals surface area (Å²) in [6.45, 7) is 1.61. The summed E-state index contributed by atoms with van der Waals surface area (Å²) in [5.41, 5.74) is 5.00. The number of carbonyl (C=O) groups is 2. The van der Waals surface area contributed by atoms with Gasteiger partial charge in [-0.25, -0.2) is 17.8 Å². The summed E-state index contributed by atoms with van der Waals surface area (Å²) >= 11 is 0. The van der Waals surface area contributed by atoms with Gasteiger partial charge in [-0.15, -0.1) is 0 Å². The fourth-order valence-electron chi connectivity index (χ4n) is 7.08. The van der Waals surface area contributed by atoms with Gasteiger partial charge in [-0.3, -0.25) is 9.59 Å². The molecule has 10 nitrogen and oxygen atoms in total. The highest BCUT2D eigenvalue weighted by molar-refractivity contribution is 7.90. The number of aliphatic hydroxyl groups is 2. The Morgan fingerprint density at radius 2 is 1.57 bits per heavy atom. The van der Waals surface area contributed by atoms with E-state index >= 15 is 0 Å². The second-order valence-electron chi connectivity index (χ2n) is 13.2. The van der Waals surface area contributed by atoms with Crippen LogP contribution in [0.2, 0.25) is 0 Å². The molecule has 2 heterocycles. The Hall–Kier alpha value is -5.62. The zero-order chi connectivity index (χ0) is 37.1. The molecule has 1 aliphatic heterocycles. The van der Waals surface area contributed by atoms with Crippen molar-refractivity contribution in [3.8, 4) is 16.8 Å². The fraction of sp³-hybridized carbons (Fsp3) is 0.214. The van der Waals surface area contributed by atoms with Crippen molar-refractivity contribution in [3.05, 3.63) is 149 Å². The molecule has 0 aliphatic carbocycles. The molecule has 11 heteroatoms. The van der Waals surface area contributed by atoms with Gasteiger partial charge in [0, 0.05) is 23.2 Å². The van der Waals surface area contributed by atoms with E-state index in [2.05, 4.69) is 11.6 Å². The molecule has 5 aromatic carbocycles. The molecule has 0 spiro atoms. The number of sulfonamides is 1. The second-order valence-corrected chi connectivity index (χ2v) is 14.9. The predicted molar refractivity (Wildman–Crippen MR) is 203 cm³/mol. The third-order valence-corrected chi connectivity index (χ3v) is 11.2. The predicted octanol–water partition coefficient (Wildman–Crippen LogP) is 6.21. The van der Waals surface area contributed by atoms with Gasteiger partial charge in [0.2, 0.25) is 0 Å². The van der Waals surface area contributed by atoms with Crippen LogP contribution in [0.3, 0.4) is 0 Å². The van der Waals surface area contributed by atoms with Crippen LogP contribution in [0.4, 0.5) is 0 Å². The highest BCUT2D eigenvalue weighted by atomic mass is 32.2. The van der Waals surface area contributed by atoms with Crippen molar-refractivity contribution in [1.82, 2.24) is 19.4 Å². The van der Waals surface area contributed by atoms with Gasteiger partial charge < -0.3 is 15.1 Å². The molecule has 1 aromatic heterocycles. The summed E-state index contributed by atoms with van der Waals surface area (Å²) in [4.78, 5) is 30.2. The van der Waals surface area contributed by atoms with Crippen LogP contribution >= 0.6 is 0 Å². The number of nitrogens with one attached hydrogen (secondary N) is 1. The molecule has 7 rings (SSSR count). The summed E-state index contributed by atoms with van der Waals surface area (Å²) in [5.74, 6) is -1.35. The number of aliphatic hydroxyl groups excluding tert-OH is 2. The summed E-state index contributed by atoms with van der Waals surface area (Å²) in [5, 5.41) is 27.5. The maximum absolute atomic E-state index is 14.9. The van der Waals surface area contributed by atoms with E-state index < -0.39 is 34.5 Å². The normalized spacial score (nSPS) is 14.2. The second kappa shape index (κ2) is 15.2. The van der Waals surface area contributed by atoms with E-state index in [1.807, 2.05) is 66.7 Å². The Kier molecular flexibility index (Phi) is 10.2. The molecule has 0 saturated heterocycles. The standard InChI is InChI=1S/C42H40N4O6S/c1-2-3-17-39-40(38(27-48)43-46(39)33-15-5-4-6-16-33)36-21-19-31(41(49)44-53(51,52)35-20-18-28-11-7-8-13-30(28)23-35)24-37(36)42(50)45-25-32-14-10-9-12-29(32)22-34(45)26-47/h4-16,18-21,23-24,34,47-48H,2-3,17,22,25-27H2,1H3,(H,44,49). The van der Waals surface area contributed by atoms with Gasteiger partial charge in [-0.2, -0.15) is 5.10 Å². The first-order valence-corrected chi connectivity index (χ1v) is 19.2. The Bertz CT molecular complexity index is 2430. The summed E-state index contributed by atoms with van der Waals surface area (Å²) in [6.07, 6.45) is 2.72. The quantitative estimate of drug-likeness (QED) is 0.144. The van der Waals surface area contributed by atoms with E-state index in [4.69, 9.17) is 5.10 Å². The SMILES string of the molecule is CCCCc1c(-c2ccc(C(=O)NS(=O)(=O)c3ccc4ccccc4c3)cc2C(=O)N2Cc3ccccc3CC2CO)c(CO)nn1-c1ccccc1. The average molecular weight is 729 g/mol. The zero-order valence-corrected chi connectivity index (χ0v) is 30.1. The van der Waals surface area contributed by atoms with Gasteiger partial charge in [-0.05, 0) is 83.1 Å². The number of fused-ring (bicyclic) bond motifs is 2. The molecule has 0 radical (unpaired) electrons. The third kappa shape index (κ3) is 7.11. The van der Waals surface area contributed by atoms with Gasteiger partial charge in [0.15, 0.2) is 0 Å². The highest BCUT2D eigenvalue weighted by Gasteiger charge is 2.33. The van der Waals surface area contributed by atoms with Gasteiger partial charge in [0.1, 0.15) is 0 Å². The lowest BCUT2D eigenvalue weighted by atomic mass is 9.90. The number of nitrogens with zero attached hydrogens (tertiary/aromatic N) is 3. The van der Waals surface area contributed by atoms with Crippen LogP contribution in [0.5, 0.6) is 0 Å². The van der Waals surface area contributed by atoms with Crippen molar-refractivity contribution in [2.75, 3.05) is 6.61 Å². The number of carbonyl (C=O) groups excluding carboxylic acids is 2. The molecular weight excluding hydrogens is 689 g/mol. The van der Waals surface area contributed by atoms with Crippen molar-refractivity contribution in [1.29, 1.82) is 0 Å². The van der Waals surface area contributed by atoms with Gasteiger partial charge in [0.05, 0.1) is 41.2 Å². The van der Waals surface area contributed by atoms with Gasteiger partial charge >= 0.3 is 0 Å². The molecule has 1 unspecified atom stereocenters. The first kappa shape index (κ1) is 35.8. The lowest BCUT2D eigenvalue weighted by Gasteiger charge is -2.36. The largest absolute Gasteiger partial charge is 0.394 e. The smallest absolute Gasteiger partial charge is 0.265 e. The number of benzene rings is 5. The van der Waals surface area contributed by atoms with Gasteiger partial charge in [0.25, 0.3) is 21.8 Å². The number of para-hydroxylation sites is 1. The number of rotatable bonds is 11. The van der Waals surface area contributed by atoms with E-state index in [1.54, 1.807) is 33.8 Å². The number of aromatic nitrogens is 2. The Labute approximate surface area is 308 Å². The molecule has 0 saturated carbocycles. The van der Waals surface area contributed by atoms with Crippen LogP contribution in [0.1, 0.15) is 63.0 Å². The molecule has 6 aromatic rings. The highest BCUT2D eigenvalue weighted by Crippen LogP contribution is 2.36. The lowest BCUT2D eigenvalue weighted by molar-refractivity contribution is 0.0545. The van der Waals surface area contributed by atoms with E-state index in [9.17, 15) is 28.2 Å². The molecular formula is C42H40N4O6S. The van der Waals surface area contributed by atoms with Crippen LogP contribution < -0.4 is 4.72 Å². The monoisotopic (exact) mass is 728 g/mol. The molecule has 53 heavy (non-hydrogen) atoms. The summed E-state index contributed by atoms with van der Waals surface area (Å²) in [6, 6.07) is 33.2. The van der Waals surface area contributed by atoms with Crippen molar-refractivity contribution < 1.29 is 28.2 Å². The Morgan fingerprint density at radius 3 is 2.30 bits per heavy atom. The maximum Gasteiger partial charge on any atom is 0.265 e. The van der Waals surface area contributed by atoms with Crippen molar-refractivity contribution in [3.63, 3.8) is 0 Å². The maximum atomic E-state index is 14.9. The lowest BCUT2D eigenvalue weighted by Crippen LogP contribution is -2.46. The van der Waals surface area contributed by atoms with Crippen LogP contribution in [0, 0.1) is 0 Å².